The summed E-state index contributed by atoms with van der Waals surface area (Å²) < 4.78 is 0. The fourth-order valence-corrected chi connectivity index (χ4v) is 1.43. The Morgan fingerprint density at radius 1 is 1.47 bits per heavy atom. The van der Waals surface area contributed by atoms with Crippen molar-refractivity contribution in [1.29, 1.82) is 0 Å². The van der Waals surface area contributed by atoms with E-state index in [0.717, 1.165) is 0 Å². The normalized spacial score (nSPS) is 9.60. The van der Waals surface area contributed by atoms with Crippen LogP contribution in [0.1, 0.15) is 0 Å². The molecule has 1 aromatic rings. The van der Waals surface area contributed by atoms with Crippen molar-refractivity contribution in [2.24, 2.45) is 5.73 Å². The van der Waals surface area contributed by atoms with Gasteiger partial charge < -0.3 is 11.5 Å². The number of carbonyl (C=O) groups excluding carboxylic acids is 2. The van der Waals surface area contributed by atoms with Crippen LogP contribution in [0.15, 0.2) is 23.4 Å². The highest BCUT2D eigenvalue weighted by Gasteiger charge is 2.05. The van der Waals surface area contributed by atoms with Gasteiger partial charge in [-0.05, 0) is 12.1 Å². The van der Waals surface area contributed by atoms with Crippen molar-refractivity contribution >= 4 is 29.4 Å². The molecule has 0 bridgehead atoms. The number of imide groups is 1. The third-order valence-electron chi connectivity index (χ3n) is 1.37. The van der Waals surface area contributed by atoms with Gasteiger partial charge in [0.1, 0.15) is 0 Å². The molecule has 7 heteroatoms. The maximum absolute atomic E-state index is 11.0. The number of nitrogens with one attached hydrogen (secondary N) is 1. The first-order valence-corrected chi connectivity index (χ1v) is 5.00. The highest BCUT2D eigenvalue weighted by molar-refractivity contribution is 7.99. The van der Waals surface area contributed by atoms with Crippen molar-refractivity contribution in [3.05, 3.63) is 18.3 Å². The van der Waals surface area contributed by atoms with E-state index in [1.165, 1.54) is 18.0 Å². The Kier molecular flexibility index (Phi) is 3.92. The number of carbonyl (C=O) groups is 2. The van der Waals surface area contributed by atoms with Gasteiger partial charge in [-0.25, -0.2) is 9.78 Å². The number of nitrogens with two attached hydrogens (primary N) is 2. The van der Waals surface area contributed by atoms with Crippen molar-refractivity contribution in [3.8, 4) is 0 Å². The summed E-state index contributed by atoms with van der Waals surface area (Å²) in [7, 11) is 0. The number of rotatable bonds is 3. The predicted octanol–water partition coefficient (Wildman–Crippen LogP) is -0.0492. The first-order chi connectivity index (χ1) is 7.08. The molecule has 6 nitrogen and oxygen atoms in total. The van der Waals surface area contributed by atoms with E-state index >= 15 is 0 Å². The number of urea groups is 1. The molecule has 5 N–H and O–H groups in total. The summed E-state index contributed by atoms with van der Waals surface area (Å²) in [5.41, 5.74) is 10.8. The highest BCUT2D eigenvalue weighted by atomic mass is 32.2. The molecular formula is C8H10N4O2S. The Hall–Kier alpha value is -1.76. The number of hydrogen-bond donors (Lipinski definition) is 3. The van der Waals surface area contributed by atoms with Gasteiger partial charge in [-0.3, -0.25) is 10.1 Å². The third-order valence-corrected chi connectivity index (χ3v) is 2.32. The molecule has 1 rings (SSSR count). The molecule has 80 valence electrons. The van der Waals surface area contributed by atoms with Crippen LogP contribution in [0.5, 0.6) is 0 Å². The number of nitrogen functional groups attached to an aromatic ring is 1. The Morgan fingerprint density at radius 3 is 2.73 bits per heavy atom. The Morgan fingerprint density at radius 2 is 2.20 bits per heavy atom. The first-order valence-electron chi connectivity index (χ1n) is 4.01. The summed E-state index contributed by atoms with van der Waals surface area (Å²) in [5, 5.41) is 2.61. The van der Waals surface area contributed by atoms with Gasteiger partial charge in [-0.15, -0.1) is 0 Å². The van der Waals surface area contributed by atoms with E-state index in [-0.39, 0.29) is 5.75 Å². The topological polar surface area (TPSA) is 111 Å². The largest absolute Gasteiger partial charge is 0.397 e. The number of amides is 3. The minimum absolute atomic E-state index is 0.0832. The molecule has 15 heavy (non-hydrogen) atoms. The lowest BCUT2D eigenvalue weighted by Crippen LogP contribution is -2.36. The third kappa shape index (κ3) is 4.32. The highest BCUT2D eigenvalue weighted by Crippen LogP contribution is 2.15. The second-order valence-electron chi connectivity index (χ2n) is 2.63. The molecule has 0 radical (unpaired) electrons. The zero-order chi connectivity index (χ0) is 11.3. The molecule has 1 heterocycles. The number of aromatic nitrogens is 1. The maximum atomic E-state index is 11.0. The van der Waals surface area contributed by atoms with Crippen LogP contribution in [0.25, 0.3) is 0 Å². The molecule has 1 aromatic heterocycles. The number of hydrogen-bond acceptors (Lipinski definition) is 5. The predicted molar refractivity (Wildman–Crippen MR) is 57.1 cm³/mol. The molecule has 0 aliphatic rings. The summed E-state index contributed by atoms with van der Waals surface area (Å²) >= 11 is 1.19. The van der Waals surface area contributed by atoms with Gasteiger partial charge in [0.2, 0.25) is 5.91 Å². The van der Waals surface area contributed by atoms with Crippen molar-refractivity contribution < 1.29 is 9.59 Å². The molecule has 0 saturated heterocycles. The number of nitrogens with zero attached hydrogens (tertiary/aromatic N) is 1. The molecule has 0 unspecified atom stereocenters. The number of pyridine rings is 1. The number of thioether (sulfide) groups is 1. The Balaban J connectivity index is 2.40. The number of anilines is 1. The van der Waals surface area contributed by atoms with Crippen LogP contribution >= 0.6 is 11.8 Å². The van der Waals surface area contributed by atoms with Gasteiger partial charge in [-0.2, -0.15) is 0 Å². The fourth-order valence-electron chi connectivity index (χ4n) is 0.790. The van der Waals surface area contributed by atoms with Gasteiger partial charge in [0.25, 0.3) is 0 Å². The minimum Gasteiger partial charge on any atom is -0.397 e. The quantitative estimate of drug-likeness (QED) is 0.626. The van der Waals surface area contributed by atoms with Crippen LogP contribution in [0.3, 0.4) is 0 Å². The molecule has 0 atom stereocenters. The average molecular weight is 226 g/mol. The summed E-state index contributed by atoms with van der Waals surface area (Å²) in [6.07, 6.45) is 1.49. The molecule has 0 saturated carbocycles. The van der Waals surface area contributed by atoms with E-state index in [9.17, 15) is 9.59 Å². The molecule has 0 fully saturated rings. The summed E-state index contributed by atoms with van der Waals surface area (Å²) in [4.78, 5) is 25.3. The van der Waals surface area contributed by atoms with Crippen LogP contribution in [0, 0.1) is 0 Å². The van der Waals surface area contributed by atoms with Crippen molar-refractivity contribution in [3.63, 3.8) is 0 Å². The molecule has 3 amide bonds. The van der Waals surface area contributed by atoms with Crippen LogP contribution in [0.4, 0.5) is 10.5 Å². The lowest BCUT2D eigenvalue weighted by atomic mass is 10.4. The van der Waals surface area contributed by atoms with Gasteiger partial charge in [0, 0.05) is 0 Å². The summed E-state index contributed by atoms with van der Waals surface area (Å²) in [5.74, 6) is -0.369. The molecule has 0 aliphatic heterocycles. The Labute approximate surface area is 90.4 Å². The van der Waals surface area contributed by atoms with Gasteiger partial charge >= 0.3 is 6.03 Å². The van der Waals surface area contributed by atoms with Crippen molar-refractivity contribution in [2.45, 2.75) is 5.03 Å². The van der Waals surface area contributed by atoms with Crippen LogP contribution < -0.4 is 16.8 Å². The van der Waals surface area contributed by atoms with Gasteiger partial charge in [-0.1, -0.05) is 11.8 Å². The second kappa shape index (κ2) is 5.20. The van der Waals surface area contributed by atoms with Crippen LogP contribution in [-0.2, 0) is 4.79 Å². The van der Waals surface area contributed by atoms with E-state index in [0.29, 0.717) is 10.7 Å². The van der Waals surface area contributed by atoms with E-state index in [2.05, 4.69) is 4.98 Å². The number of primary amides is 1. The maximum Gasteiger partial charge on any atom is 0.318 e. The van der Waals surface area contributed by atoms with E-state index in [1.807, 2.05) is 5.32 Å². The minimum atomic E-state index is -0.856. The van der Waals surface area contributed by atoms with Crippen LogP contribution in [0.2, 0.25) is 0 Å². The molecule has 0 aliphatic carbocycles. The second-order valence-corrected chi connectivity index (χ2v) is 3.63. The standard InChI is InChI=1S/C8H10N4O2S/c9-5-1-2-7(11-3-5)15-4-6(13)12-8(10)14/h1-3H,4,9H2,(H3,10,12,13,14). The lowest BCUT2D eigenvalue weighted by Gasteiger charge is -2.00. The van der Waals surface area contributed by atoms with E-state index < -0.39 is 11.9 Å². The average Bonchev–Trinajstić information content (AvgIpc) is 2.16. The monoisotopic (exact) mass is 226 g/mol. The van der Waals surface area contributed by atoms with E-state index in [4.69, 9.17) is 11.5 Å². The molecular weight excluding hydrogens is 216 g/mol. The summed E-state index contributed by atoms with van der Waals surface area (Å²) in [6.45, 7) is 0. The van der Waals surface area contributed by atoms with Crippen molar-refractivity contribution in [1.82, 2.24) is 10.3 Å². The SMILES string of the molecule is NC(=O)NC(=O)CSc1ccc(N)cn1. The lowest BCUT2D eigenvalue weighted by molar-refractivity contribution is -0.117. The zero-order valence-electron chi connectivity index (χ0n) is 7.77. The molecule has 0 aromatic carbocycles. The van der Waals surface area contributed by atoms with E-state index in [1.54, 1.807) is 12.1 Å². The van der Waals surface area contributed by atoms with Crippen LogP contribution in [-0.4, -0.2) is 22.7 Å². The summed E-state index contributed by atoms with van der Waals surface area (Å²) in [6, 6.07) is 2.52. The smallest absolute Gasteiger partial charge is 0.318 e. The zero-order valence-corrected chi connectivity index (χ0v) is 8.58. The fraction of sp³-hybridized carbons (Fsp3) is 0.125. The van der Waals surface area contributed by atoms with Gasteiger partial charge in [0.05, 0.1) is 22.7 Å². The van der Waals surface area contributed by atoms with Crippen molar-refractivity contribution in [2.75, 3.05) is 11.5 Å². The van der Waals surface area contributed by atoms with Gasteiger partial charge in [0.15, 0.2) is 0 Å². The Bertz CT molecular complexity index is 365. The first kappa shape index (κ1) is 11.3. The molecule has 0 spiro atoms.